The van der Waals surface area contributed by atoms with Gasteiger partial charge in [-0.25, -0.2) is 0 Å². The van der Waals surface area contributed by atoms with E-state index >= 15 is 0 Å². The minimum absolute atomic E-state index is 0.0773. The summed E-state index contributed by atoms with van der Waals surface area (Å²) in [6, 6.07) is 9.52. The van der Waals surface area contributed by atoms with Crippen LogP contribution in [0.2, 0.25) is 5.02 Å². The molecule has 0 unspecified atom stereocenters. The molecule has 0 saturated carbocycles. The highest BCUT2D eigenvalue weighted by Gasteiger charge is 2.44. The number of amides is 3. The Labute approximate surface area is 158 Å². The molecule has 0 bridgehead atoms. The van der Waals surface area contributed by atoms with Crippen molar-refractivity contribution >= 4 is 35.0 Å². The molecular weight excluding hydrogens is 374 g/mol. The van der Waals surface area contributed by atoms with Crippen LogP contribution >= 0.6 is 11.6 Å². The van der Waals surface area contributed by atoms with E-state index < -0.39 is 34.4 Å². The standard InChI is InChI=1S/C18H14ClN3O5/c1-10(16(23)20-9-11-5-7-12(19)8-6-11)21-17(24)13-3-2-4-14(22(26)27)15(13)18(21)25/h2-8,10H,9H2,1H3,(H,20,23)/t10-/m0/s1. The number of halogens is 1. The van der Waals surface area contributed by atoms with E-state index in [4.69, 9.17) is 11.6 Å². The van der Waals surface area contributed by atoms with Crippen LogP contribution in [0.25, 0.3) is 0 Å². The second-order valence-corrected chi connectivity index (χ2v) is 6.39. The summed E-state index contributed by atoms with van der Waals surface area (Å²) >= 11 is 5.81. The van der Waals surface area contributed by atoms with Gasteiger partial charge in [0.2, 0.25) is 5.91 Å². The number of nitro benzene ring substituents is 1. The molecule has 8 nitrogen and oxygen atoms in total. The number of nitro groups is 1. The normalized spacial score (nSPS) is 14.1. The van der Waals surface area contributed by atoms with Crippen molar-refractivity contribution in [2.45, 2.75) is 19.5 Å². The van der Waals surface area contributed by atoms with Crippen molar-refractivity contribution in [1.82, 2.24) is 10.2 Å². The Morgan fingerprint density at radius 1 is 1.19 bits per heavy atom. The fraction of sp³-hybridized carbons (Fsp3) is 0.167. The summed E-state index contributed by atoms with van der Waals surface area (Å²) in [5, 5.41) is 14.3. The van der Waals surface area contributed by atoms with E-state index in [1.807, 2.05) is 0 Å². The molecule has 0 radical (unpaired) electrons. The van der Waals surface area contributed by atoms with Gasteiger partial charge in [0.15, 0.2) is 0 Å². The average Bonchev–Trinajstić information content (AvgIpc) is 2.91. The first kappa shape index (κ1) is 18.5. The second-order valence-electron chi connectivity index (χ2n) is 5.96. The summed E-state index contributed by atoms with van der Waals surface area (Å²) < 4.78 is 0. The van der Waals surface area contributed by atoms with E-state index in [2.05, 4.69) is 5.32 Å². The van der Waals surface area contributed by atoms with Crippen LogP contribution in [0.1, 0.15) is 33.2 Å². The van der Waals surface area contributed by atoms with Crippen molar-refractivity contribution in [1.29, 1.82) is 0 Å². The van der Waals surface area contributed by atoms with E-state index in [0.29, 0.717) is 5.02 Å². The minimum Gasteiger partial charge on any atom is -0.350 e. The predicted octanol–water partition coefficient (Wildman–Crippen LogP) is 2.55. The minimum atomic E-state index is -1.12. The quantitative estimate of drug-likeness (QED) is 0.481. The zero-order valence-electron chi connectivity index (χ0n) is 14.1. The van der Waals surface area contributed by atoms with Crippen LogP contribution in [0.3, 0.4) is 0 Å². The number of hydrogen-bond acceptors (Lipinski definition) is 5. The number of nitrogens with zero attached hydrogens (tertiary/aromatic N) is 2. The van der Waals surface area contributed by atoms with Gasteiger partial charge in [0.1, 0.15) is 11.6 Å². The van der Waals surface area contributed by atoms with E-state index in [0.717, 1.165) is 16.5 Å². The van der Waals surface area contributed by atoms with Crippen LogP contribution in [0.4, 0.5) is 5.69 Å². The maximum atomic E-state index is 12.6. The van der Waals surface area contributed by atoms with Gasteiger partial charge < -0.3 is 5.32 Å². The Morgan fingerprint density at radius 3 is 2.48 bits per heavy atom. The number of fused-ring (bicyclic) bond motifs is 1. The molecule has 1 aliphatic rings. The Balaban J connectivity index is 1.77. The molecule has 2 aromatic carbocycles. The maximum absolute atomic E-state index is 12.6. The third-order valence-electron chi connectivity index (χ3n) is 4.27. The summed E-state index contributed by atoms with van der Waals surface area (Å²) in [5.41, 5.74) is -0.0310. The Morgan fingerprint density at radius 2 is 1.85 bits per heavy atom. The predicted molar refractivity (Wildman–Crippen MR) is 96.4 cm³/mol. The van der Waals surface area contributed by atoms with Gasteiger partial charge in [0, 0.05) is 17.6 Å². The third-order valence-corrected chi connectivity index (χ3v) is 4.52. The lowest BCUT2D eigenvalue weighted by molar-refractivity contribution is -0.385. The van der Waals surface area contributed by atoms with Gasteiger partial charge in [-0.05, 0) is 30.7 Å². The Kier molecular flexibility index (Phi) is 4.91. The molecule has 1 atom stereocenters. The lowest BCUT2D eigenvalue weighted by atomic mass is 10.1. The van der Waals surface area contributed by atoms with Gasteiger partial charge in [0.05, 0.1) is 10.5 Å². The van der Waals surface area contributed by atoms with Crippen molar-refractivity contribution in [3.8, 4) is 0 Å². The van der Waals surface area contributed by atoms with E-state index in [9.17, 15) is 24.5 Å². The Bertz CT molecular complexity index is 958. The number of nitrogens with one attached hydrogen (secondary N) is 1. The summed E-state index contributed by atoms with van der Waals surface area (Å²) in [6.45, 7) is 1.58. The van der Waals surface area contributed by atoms with Gasteiger partial charge in [-0.2, -0.15) is 0 Å². The molecule has 0 fully saturated rings. The van der Waals surface area contributed by atoms with Crippen LogP contribution in [-0.2, 0) is 11.3 Å². The number of carbonyl (C=O) groups excluding carboxylic acids is 3. The molecule has 0 saturated heterocycles. The highest BCUT2D eigenvalue weighted by molar-refractivity contribution is 6.30. The van der Waals surface area contributed by atoms with E-state index in [1.54, 1.807) is 24.3 Å². The molecule has 0 aromatic heterocycles. The van der Waals surface area contributed by atoms with Gasteiger partial charge in [0.25, 0.3) is 17.5 Å². The number of rotatable bonds is 5. The molecular formula is C18H14ClN3O5. The van der Waals surface area contributed by atoms with E-state index in [1.165, 1.54) is 19.1 Å². The fourth-order valence-electron chi connectivity index (χ4n) is 2.85. The molecule has 0 aliphatic carbocycles. The zero-order chi connectivity index (χ0) is 19.7. The van der Waals surface area contributed by atoms with Crippen molar-refractivity contribution in [3.63, 3.8) is 0 Å². The lowest BCUT2D eigenvalue weighted by Crippen LogP contribution is -2.47. The highest BCUT2D eigenvalue weighted by Crippen LogP contribution is 2.31. The Hall–Kier alpha value is -3.26. The summed E-state index contributed by atoms with van der Waals surface area (Å²) in [7, 11) is 0. The summed E-state index contributed by atoms with van der Waals surface area (Å²) in [6.07, 6.45) is 0. The van der Waals surface area contributed by atoms with Crippen LogP contribution in [0, 0.1) is 10.1 Å². The molecule has 2 aromatic rings. The number of carbonyl (C=O) groups is 3. The second kappa shape index (κ2) is 7.16. The molecule has 9 heteroatoms. The molecule has 3 amide bonds. The van der Waals surface area contributed by atoms with Gasteiger partial charge in [-0.15, -0.1) is 0 Å². The molecule has 1 heterocycles. The first-order chi connectivity index (χ1) is 12.8. The van der Waals surface area contributed by atoms with Crippen molar-refractivity contribution < 1.29 is 19.3 Å². The van der Waals surface area contributed by atoms with Crippen molar-refractivity contribution in [2.75, 3.05) is 0 Å². The molecule has 0 spiro atoms. The van der Waals surface area contributed by atoms with Crippen LogP contribution in [0.5, 0.6) is 0 Å². The maximum Gasteiger partial charge on any atom is 0.282 e. The molecule has 138 valence electrons. The van der Waals surface area contributed by atoms with Gasteiger partial charge >= 0.3 is 0 Å². The SMILES string of the molecule is C[C@@H](C(=O)NCc1ccc(Cl)cc1)N1C(=O)c2cccc([N+](=O)[O-])c2C1=O. The number of hydrogen-bond donors (Lipinski definition) is 1. The number of imide groups is 1. The summed E-state index contributed by atoms with van der Waals surface area (Å²) in [4.78, 5) is 48.7. The third kappa shape index (κ3) is 3.39. The fourth-order valence-corrected chi connectivity index (χ4v) is 2.97. The van der Waals surface area contributed by atoms with Crippen LogP contribution < -0.4 is 5.32 Å². The monoisotopic (exact) mass is 387 g/mol. The molecule has 3 rings (SSSR count). The average molecular weight is 388 g/mol. The van der Waals surface area contributed by atoms with Gasteiger partial charge in [-0.3, -0.25) is 29.4 Å². The zero-order valence-corrected chi connectivity index (χ0v) is 14.9. The van der Waals surface area contributed by atoms with Crippen LogP contribution in [-0.4, -0.2) is 33.6 Å². The highest BCUT2D eigenvalue weighted by atomic mass is 35.5. The molecule has 27 heavy (non-hydrogen) atoms. The van der Waals surface area contributed by atoms with Crippen molar-refractivity contribution in [2.24, 2.45) is 0 Å². The topological polar surface area (TPSA) is 110 Å². The largest absolute Gasteiger partial charge is 0.350 e. The molecule has 1 aliphatic heterocycles. The first-order valence-electron chi connectivity index (χ1n) is 7.98. The van der Waals surface area contributed by atoms with Crippen LogP contribution in [0.15, 0.2) is 42.5 Å². The van der Waals surface area contributed by atoms with Gasteiger partial charge in [-0.1, -0.05) is 29.8 Å². The molecule has 1 N–H and O–H groups in total. The summed E-state index contributed by atoms with van der Waals surface area (Å²) in [5.74, 6) is -2.13. The number of benzene rings is 2. The lowest BCUT2D eigenvalue weighted by Gasteiger charge is -2.21. The van der Waals surface area contributed by atoms with Crippen molar-refractivity contribution in [3.05, 3.63) is 74.3 Å². The van der Waals surface area contributed by atoms with E-state index in [-0.39, 0.29) is 17.7 Å². The first-order valence-corrected chi connectivity index (χ1v) is 8.36. The smallest absolute Gasteiger partial charge is 0.282 e.